The van der Waals surface area contributed by atoms with E-state index in [2.05, 4.69) is 33.1 Å². The number of ether oxygens (including phenoxy) is 1. The van der Waals surface area contributed by atoms with Crippen molar-refractivity contribution in [3.8, 4) is 11.5 Å². The van der Waals surface area contributed by atoms with Crippen LogP contribution in [0.4, 0.5) is 0 Å². The largest absolute Gasteiger partial charge is 0.507 e. The van der Waals surface area contributed by atoms with Crippen molar-refractivity contribution in [1.29, 1.82) is 0 Å². The first-order valence-corrected chi connectivity index (χ1v) is 7.57. The second kappa shape index (κ2) is 7.26. The monoisotopic (exact) mass is 410 g/mol. The number of phenolic OH excluding ortho intramolecular Hbond substituents is 1. The van der Waals surface area contributed by atoms with E-state index in [1.807, 2.05) is 0 Å². The van der Waals surface area contributed by atoms with Gasteiger partial charge in [0.15, 0.2) is 0 Å². The molecule has 0 saturated heterocycles. The quantitative estimate of drug-likeness (QED) is 0.462. The fourth-order valence-electron chi connectivity index (χ4n) is 1.85. The molecule has 0 aliphatic heterocycles. The molecule has 22 heavy (non-hydrogen) atoms. The number of halogens is 1. The zero-order valence-electron chi connectivity index (χ0n) is 12.1. The van der Waals surface area contributed by atoms with Crippen LogP contribution in [-0.2, 0) is 0 Å². The first-order valence-electron chi connectivity index (χ1n) is 6.49. The number of hydrazone groups is 1. The third kappa shape index (κ3) is 3.76. The van der Waals surface area contributed by atoms with Crippen LogP contribution in [-0.4, -0.2) is 23.8 Å². The van der Waals surface area contributed by atoms with E-state index in [1.54, 1.807) is 56.5 Å². The molecule has 0 aliphatic rings. The van der Waals surface area contributed by atoms with Crippen LogP contribution in [0, 0.1) is 3.57 Å². The van der Waals surface area contributed by atoms with Crippen LogP contribution in [0.1, 0.15) is 22.8 Å². The molecule has 0 unspecified atom stereocenters. The third-order valence-electron chi connectivity index (χ3n) is 3.03. The molecule has 6 heteroatoms. The van der Waals surface area contributed by atoms with Crippen molar-refractivity contribution in [2.45, 2.75) is 6.92 Å². The van der Waals surface area contributed by atoms with E-state index >= 15 is 0 Å². The number of hydrogen-bond donors (Lipinski definition) is 2. The van der Waals surface area contributed by atoms with Gasteiger partial charge >= 0.3 is 0 Å². The minimum atomic E-state index is -0.324. The highest BCUT2D eigenvalue weighted by molar-refractivity contribution is 14.1. The first-order chi connectivity index (χ1) is 10.5. The minimum absolute atomic E-state index is 0.122. The number of benzene rings is 2. The van der Waals surface area contributed by atoms with Crippen LogP contribution in [0.5, 0.6) is 11.5 Å². The molecule has 0 atom stereocenters. The van der Waals surface area contributed by atoms with Gasteiger partial charge in [0.2, 0.25) is 0 Å². The first kappa shape index (κ1) is 16.3. The van der Waals surface area contributed by atoms with Gasteiger partial charge in [-0.2, -0.15) is 5.10 Å². The van der Waals surface area contributed by atoms with Gasteiger partial charge in [0.1, 0.15) is 11.5 Å². The number of para-hydroxylation sites is 1. The van der Waals surface area contributed by atoms with E-state index in [1.165, 1.54) is 0 Å². The number of phenols is 1. The molecule has 2 N–H and O–H groups in total. The van der Waals surface area contributed by atoms with Gasteiger partial charge in [0.05, 0.1) is 16.4 Å². The summed E-state index contributed by atoms with van der Waals surface area (Å²) in [5, 5.41) is 13.8. The minimum Gasteiger partial charge on any atom is -0.507 e. The van der Waals surface area contributed by atoms with E-state index in [0.29, 0.717) is 22.6 Å². The Morgan fingerprint density at radius 2 is 2.00 bits per heavy atom. The Hall–Kier alpha value is -2.09. The molecule has 0 radical (unpaired) electrons. The molecule has 114 valence electrons. The smallest absolute Gasteiger partial charge is 0.271 e. The summed E-state index contributed by atoms with van der Waals surface area (Å²) in [6.07, 6.45) is 0. The molecular formula is C16H15IN2O3. The highest BCUT2D eigenvalue weighted by Gasteiger charge is 2.09. The zero-order chi connectivity index (χ0) is 16.1. The van der Waals surface area contributed by atoms with Gasteiger partial charge in [0.25, 0.3) is 5.91 Å². The molecule has 0 fully saturated rings. The fourth-order valence-corrected chi connectivity index (χ4v) is 2.58. The maximum absolute atomic E-state index is 12.1. The summed E-state index contributed by atoms with van der Waals surface area (Å²) in [6.45, 7) is 1.72. The van der Waals surface area contributed by atoms with Crippen LogP contribution in [0.25, 0.3) is 0 Å². The maximum Gasteiger partial charge on any atom is 0.271 e. The molecule has 0 bridgehead atoms. The van der Waals surface area contributed by atoms with Gasteiger partial charge in [-0.05, 0) is 59.8 Å². The van der Waals surface area contributed by atoms with Crippen molar-refractivity contribution >= 4 is 34.2 Å². The molecule has 0 aliphatic carbocycles. The van der Waals surface area contributed by atoms with Crippen molar-refractivity contribution < 1.29 is 14.6 Å². The number of aromatic hydroxyl groups is 1. The maximum atomic E-state index is 12.1. The molecule has 1 amide bonds. The molecule has 0 saturated carbocycles. The topological polar surface area (TPSA) is 70.9 Å². The Morgan fingerprint density at radius 1 is 1.27 bits per heavy atom. The lowest BCUT2D eigenvalue weighted by molar-refractivity contribution is 0.0954. The third-order valence-corrected chi connectivity index (χ3v) is 3.88. The number of nitrogens with zero attached hydrogens (tertiary/aromatic N) is 1. The van der Waals surface area contributed by atoms with E-state index in [-0.39, 0.29) is 11.7 Å². The van der Waals surface area contributed by atoms with Gasteiger partial charge < -0.3 is 9.84 Å². The summed E-state index contributed by atoms with van der Waals surface area (Å²) >= 11 is 2.10. The molecule has 0 spiro atoms. The highest BCUT2D eigenvalue weighted by Crippen LogP contribution is 2.21. The van der Waals surface area contributed by atoms with Crippen LogP contribution in [0.2, 0.25) is 0 Å². The average Bonchev–Trinajstić information content (AvgIpc) is 2.52. The number of nitrogens with one attached hydrogen (secondary N) is 1. The average molecular weight is 410 g/mol. The van der Waals surface area contributed by atoms with Gasteiger partial charge in [-0.15, -0.1) is 0 Å². The molecule has 2 rings (SSSR count). The Bertz CT molecular complexity index is 729. The van der Waals surface area contributed by atoms with E-state index < -0.39 is 0 Å². The normalized spacial score (nSPS) is 11.1. The summed E-state index contributed by atoms with van der Waals surface area (Å²) in [4.78, 5) is 12.1. The van der Waals surface area contributed by atoms with Gasteiger partial charge in [-0.25, -0.2) is 5.43 Å². The van der Waals surface area contributed by atoms with Gasteiger partial charge in [-0.1, -0.05) is 12.1 Å². The number of hydrogen-bond acceptors (Lipinski definition) is 4. The number of carbonyl (C=O) groups is 1. The van der Waals surface area contributed by atoms with E-state index in [9.17, 15) is 9.90 Å². The SMILES string of the molecule is COc1ccc(C(=O)N/N=C(\C)c2ccccc2O)cc1I. The lowest BCUT2D eigenvalue weighted by Gasteiger charge is -2.07. The Labute approximate surface area is 142 Å². The predicted molar refractivity (Wildman–Crippen MR) is 93.5 cm³/mol. The van der Waals surface area contributed by atoms with Crippen molar-refractivity contribution in [2.75, 3.05) is 7.11 Å². The summed E-state index contributed by atoms with van der Waals surface area (Å²) in [6, 6.07) is 11.9. The van der Waals surface area contributed by atoms with Crippen LogP contribution in [0.3, 0.4) is 0 Å². The molecule has 5 nitrogen and oxygen atoms in total. The van der Waals surface area contributed by atoms with Crippen LogP contribution in [0.15, 0.2) is 47.6 Å². The molecule has 0 aromatic heterocycles. The second-order valence-electron chi connectivity index (χ2n) is 4.50. The van der Waals surface area contributed by atoms with Crippen molar-refractivity contribution in [3.05, 3.63) is 57.2 Å². The molecule has 2 aromatic rings. The van der Waals surface area contributed by atoms with Crippen molar-refractivity contribution in [3.63, 3.8) is 0 Å². The Morgan fingerprint density at radius 3 is 2.64 bits per heavy atom. The number of amides is 1. The summed E-state index contributed by atoms with van der Waals surface area (Å²) in [5.74, 6) is 0.512. The summed E-state index contributed by atoms with van der Waals surface area (Å²) in [7, 11) is 1.58. The zero-order valence-corrected chi connectivity index (χ0v) is 14.3. The van der Waals surface area contributed by atoms with Crippen molar-refractivity contribution in [1.82, 2.24) is 5.43 Å². The lowest BCUT2D eigenvalue weighted by atomic mass is 10.1. The molecule has 0 heterocycles. The van der Waals surface area contributed by atoms with E-state index in [0.717, 1.165) is 3.57 Å². The number of carbonyl (C=O) groups excluding carboxylic acids is 1. The van der Waals surface area contributed by atoms with Crippen LogP contribution >= 0.6 is 22.6 Å². The Kier molecular flexibility index (Phi) is 5.37. The summed E-state index contributed by atoms with van der Waals surface area (Å²) < 4.78 is 6.00. The van der Waals surface area contributed by atoms with Crippen molar-refractivity contribution in [2.24, 2.45) is 5.10 Å². The number of rotatable bonds is 4. The predicted octanol–water partition coefficient (Wildman–Crippen LogP) is 3.16. The van der Waals surface area contributed by atoms with Gasteiger partial charge in [0, 0.05) is 11.1 Å². The van der Waals surface area contributed by atoms with Crippen LogP contribution < -0.4 is 10.2 Å². The standard InChI is InChI=1S/C16H15IN2O3/c1-10(12-5-3-4-6-14(12)20)18-19-16(21)11-7-8-15(22-2)13(17)9-11/h3-9,20H,1-2H3,(H,19,21)/b18-10+. The van der Waals surface area contributed by atoms with E-state index in [4.69, 9.17) is 4.74 Å². The number of methoxy groups -OCH3 is 1. The second-order valence-corrected chi connectivity index (χ2v) is 5.67. The highest BCUT2D eigenvalue weighted by atomic mass is 127. The van der Waals surface area contributed by atoms with Gasteiger partial charge in [-0.3, -0.25) is 4.79 Å². The fraction of sp³-hybridized carbons (Fsp3) is 0.125. The lowest BCUT2D eigenvalue weighted by Crippen LogP contribution is -2.19. The molecular weight excluding hydrogens is 395 g/mol. The molecule has 2 aromatic carbocycles. The Balaban J connectivity index is 2.14. The summed E-state index contributed by atoms with van der Waals surface area (Å²) in [5.41, 5.74) is 4.07.